The molecule has 0 amide bonds. The molecular formula is C6H11BN2O2S. The van der Waals surface area contributed by atoms with Gasteiger partial charge in [-0.3, -0.25) is 0 Å². The maximum Gasteiger partial charge on any atom is 0.408 e. The maximum absolute atomic E-state index is 8.99. The zero-order valence-corrected chi connectivity index (χ0v) is 8.10. The fourth-order valence-electron chi connectivity index (χ4n) is 0.812. The molecule has 0 atom stereocenters. The summed E-state index contributed by atoms with van der Waals surface area (Å²) in [5.74, 6) is 0. The van der Waals surface area contributed by atoms with Crippen LogP contribution in [-0.4, -0.2) is 24.2 Å². The summed E-state index contributed by atoms with van der Waals surface area (Å²) in [5.41, 5.74) is 0.839. The van der Waals surface area contributed by atoms with Crippen LogP contribution in [0.4, 0.5) is 5.13 Å². The van der Waals surface area contributed by atoms with E-state index in [9.17, 15) is 0 Å². The largest absolute Gasteiger partial charge is 0.486 e. The minimum absolute atomic E-state index is 0.583. The minimum atomic E-state index is -0.583. The van der Waals surface area contributed by atoms with Crippen LogP contribution in [0.25, 0.3) is 0 Å². The zero-order chi connectivity index (χ0) is 9.14. The predicted octanol–water partition coefficient (Wildman–Crippen LogP) is 0.982. The van der Waals surface area contributed by atoms with Crippen LogP contribution in [0, 0.1) is 6.92 Å². The third-order valence-electron chi connectivity index (χ3n) is 1.27. The van der Waals surface area contributed by atoms with Crippen molar-refractivity contribution >= 4 is 23.5 Å². The lowest BCUT2D eigenvalue weighted by atomic mass is 9.90. The Kier molecular flexibility index (Phi) is 2.94. The molecule has 6 heteroatoms. The van der Waals surface area contributed by atoms with Crippen molar-refractivity contribution in [3.05, 3.63) is 5.69 Å². The number of methoxy groups -OCH3 is 1. The van der Waals surface area contributed by atoms with Crippen LogP contribution in [0.5, 0.6) is 5.06 Å². The second kappa shape index (κ2) is 3.77. The van der Waals surface area contributed by atoms with E-state index in [1.165, 1.54) is 11.3 Å². The van der Waals surface area contributed by atoms with E-state index >= 15 is 0 Å². The number of anilines is 1. The first kappa shape index (κ1) is 9.34. The molecule has 0 fully saturated rings. The van der Waals surface area contributed by atoms with Gasteiger partial charge in [0.2, 0.25) is 0 Å². The molecule has 0 aliphatic heterocycles. The van der Waals surface area contributed by atoms with Gasteiger partial charge in [-0.15, -0.1) is 0 Å². The van der Waals surface area contributed by atoms with Crippen molar-refractivity contribution in [1.29, 1.82) is 0 Å². The molecular weight excluding hydrogens is 175 g/mol. The van der Waals surface area contributed by atoms with E-state index in [1.54, 1.807) is 13.9 Å². The second-order valence-corrected chi connectivity index (χ2v) is 3.38. The molecule has 66 valence electrons. The first-order valence-corrected chi connectivity index (χ1v) is 4.41. The predicted molar refractivity (Wildman–Crippen MR) is 50.9 cm³/mol. The van der Waals surface area contributed by atoms with E-state index < -0.39 is 7.05 Å². The Labute approximate surface area is 75.7 Å². The van der Waals surface area contributed by atoms with Crippen molar-refractivity contribution in [1.82, 2.24) is 4.98 Å². The van der Waals surface area contributed by atoms with Gasteiger partial charge in [0.15, 0.2) is 10.2 Å². The van der Waals surface area contributed by atoms with Gasteiger partial charge >= 0.3 is 7.05 Å². The quantitative estimate of drug-likeness (QED) is 0.691. The number of rotatable bonds is 3. The Hall–Kier alpha value is -0.745. The molecule has 0 unspecified atom stereocenters. The lowest BCUT2D eigenvalue weighted by molar-refractivity contribution is 0.423. The van der Waals surface area contributed by atoms with E-state index in [2.05, 4.69) is 10.2 Å². The summed E-state index contributed by atoms with van der Waals surface area (Å²) >= 11 is 1.38. The average Bonchev–Trinajstić information content (AvgIpc) is 2.29. The van der Waals surface area contributed by atoms with Crippen molar-refractivity contribution in [3.8, 4) is 5.06 Å². The van der Waals surface area contributed by atoms with Gasteiger partial charge in [0.25, 0.3) is 0 Å². The molecule has 0 saturated carbocycles. The van der Waals surface area contributed by atoms with E-state index in [1.807, 2.05) is 6.92 Å². The molecule has 1 rings (SSSR count). The first-order valence-electron chi connectivity index (χ1n) is 3.59. The molecule has 1 aromatic heterocycles. The number of hydrogen-bond acceptors (Lipinski definition) is 5. The summed E-state index contributed by atoms with van der Waals surface area (Å²) in [6.45, 7) is 3.51. The van der Waals surface area contributed by atoms with Crippen LogP contribution in [0.15, 0.2) is 0 Å². The SMILES string of the molecule is COc1sc(NB(C)O)nc1C. The Bertz CT molecular complexity index is 264. The monoisotopic (exact) mass is 186 g/mol. The van der Waals surface area contributed by atoms with Crippen LogP contribution in [-0.2, 0) is 0 Å². The molecule has 0 bridgehead atoms. The first-order chi connectivity index (χ1) is 5.63. The highest BCUT2D eigenvalue weighted by Gasteiger charge is 2.10. The van der Waals surface area contributed by atoms with E-state index in [4.69, 9.17) is 9.76 Å². The van der Waals surface area contributed by atoms with E-state index in [0.29, 0.717) is 5.13 Å². The Morgan fingerprint density at radius 2 is 2.33 bits per heavy atom. The normalized spacial score (nSPS) is 9.67. The summed E-state index contributed by atoms with van der Waals surface area (Å²) in [6, 6.07) is 0. The average molecular weight is 186 g/mol. The van der Waals surface area contributed by atoms with E-state index in [-0.39, 0.29) is 0 Å². The highest BCUT2D eigenvalue weighted by molar-refractivity contribution is 7.18. The number of thiazole rings is 1. The highest BCUT2D eigenvalue weighted by atomic mass is 32.1. The summed E-state index contributed by atoms with van der Waals surface area (Å²) in [4.78, 5) is 4.14. The summed E-state index contributed by atoms with van der Waals surface area (Å²) in [5, 5.41) is 13.2. The number of aromatic nitrogens is 1. The van der Waals surface area contributed by atoms with Gasteiger partial charge in [0.05, 0.1) is 12.8 Å². The van der Waals surface area contributed by atoms with Crippen LogP contribution in [0.1, 0.15) is 5.69 Å². The molecule has 0 aliphatic rings. The van der Waals surface area contributed by atoms with Gasteiger partial charge in [-0.2, -0.15) is 0 Å². The topological polar surface area (TPSA) is 54.4 Å². The Morgan fingerprint density at radius 3 is 2.75 bits per heavy atom. The van der Waals surface area contributed by atoms with Gasteiger partial charge < -0.3 is 15.0 Å². The second-order valence-electron chi connectivity index (χ2n) is 2.42. The Morgan fingerprint density at radius 1 is 1.67 bits per heavy atom. The van der Waals surface area contributed by atoms with Gasteiger partial charge in [0, 0.05) is 0 Å². The van der Waals surface area contributed by atoms with E-state index in [0.717, 1.165) is 10.8 Å². The minimum Gasteiger partial charge on any atom is -0.486 e. The maximum atomic E-state index is 8.99. The fourth-order valence-corrected chi connectivity index (χ4v) is 1.68. The van der Waals surface area contributed by atoms with Crippen molar-refractivity contribution in [2.45, 2.75) is 13.7 Å². The summed E-state index contributed by atoms with van der Waals surface area (Å²) < 4.78 is 5.04. The van der Waals surface area contributed by atoms with Crippen LogP contribution in [0.2, 0.25) is 6.82 Å². The number of aryl methyl sites for hydroxylation is 1. The molecule has 4 nitrogen and oxygen atoms in total. The molecule has 0 aromatic carbocycles. The Balaban J connectivity index is 2.75. The molecule has 1 aromatic rings. The summed E-state index contributed by atoms with van der Waals surface area (Å²) in [7, 11) is 1.02. The smallest absolute Gasteiger partial charge is 0.408 e. The van der Waals surface area contributed by atoms with Gasteiger partial charge in [0.1, 0.15) is 0 Å². The third-order valence-corrected chi connectivity index (χ3v) is 2.32. The number of nitrogens with zero attached hydrogens (tertiary/aromatic N) is 1. The van der Waals surface area contributed by atoms with Gasteiger partial charge in [-0.05, 0) is 13.7 Å². The third kappa shape index (κ3) is 2.12. The molecule has 1 heterocycles. The number of hydrogen-bond donors (Lipinski definition) is 2. The van der Waals surface area contributed by atoms with Crippen LogP contribution >= 0.6 is 11.3 Å². The molecule has 0 saturated heterocycles. The van der Waals surface area contributed by atoms with Crippen molar-refractivity contribution in [3.63, 3.8) is 0 Å². The van der Waals surface area contributed by atoms with Crippen molar-refractivity contribution < 1.29 is 9.76 Å². The lowest BCUT2D eigenvalue weighted by Gasteiger charge is -1.98. The van der Waals surface area contributed by atoms with Crippen LogP contribution in [0.3, 0.4) is 0 Å². The fraction of sp³-hybridized carbons (Fsp3) is 0.500. The van der Waals surface area contributed by atoms with Gasteiger partial charge in [-0.1, -0.05) is 11.3 Å². The molecule has 2 N–H and O–H groups in total. The van der Waals surface area contributed by atoms with Crippen molar-refractivity contribution in [2.75, 3.05) is 12.3 Å². The standard InChI is InChI=1S/C6H11BN2O2S/c1-4-5(11-3)12-6(8-4)9-7(2)10/h10H,1-3H3,(H,8,9). The summed E-state index contributed by atoms with van der Waals surface area (Å²) in [6.07, 6.45) is 0. The molecule has 0 aliphatic carbocycles. The number of ether oxygens (including phenoxy) is 1. The molecule has 0 radical (unpaired) electrons. The number of nitrogens with one attached hydrogen (secondary N) is 1. The molecule has 12 heavy (non-hydrogen) atoms. The van der Waals surface area contributed by atoms with Crippen LogP contribution < -0.4 is 9.96 Å². The molecule has 0 spiro atoms. The lowest BCUT2D eigenvalue weighted by Crippen LogP contribution is -2.19. The van der Waals surface area contributed by atoms with Crippen molar-refractivity contribution in [2.24, 2.45) is 0 Å². The zero-order valence-electron chi connectivity index (χ0n) is 7.29. The van der Waals surface area contributed by atoms with Gasteiger partial charge in [-0.25, -0.2) is 4.98 Å². The highest BCUT2D eigenvalue weighted by Crippen LogP contribution is 2.29.